The van der Waals surface area contributed by atoms with Gasteiger partial charge in [-0.3, -0.25) is 0 Å². The third-order valence-electron chi connectivity index (χ3n) is 4.39. The molecule has 0 atom stereocenters. The Bertz CT molecular complexity index is 1080. The van der Waals surface area contributed by atoms with E-state index in [0.29, 0.717) is 22.3 Å². The minimum absolute atomic E-state index is 0.150. The number of carbonyl (C=O) groups excluding carboxylic acids is 1. The van der Waals surface area contributed by atoms with Gasteiger partial charge < -0.3 is 9.30 Å². The molecule has 0 saturated carbocycles. The first kappa shape index (κ1) is 19.4. The third kappa shape index (κ3) is 3.41. The Hall–Kier alpha value is -3.40. The van der Waals surface area contributed by atoms with Crippen LogP contribution in [0.3, 0.4) is 0 Å². The topological polar surface area (TPSA) is 55.0 Å². The van der Waals surface area contributed by atoms with Crippen molar-refractivity contribution in [3.05, 3.63) is 65.4 Å². The highest BCUT2D eigenvalue weighted by molar-refractivity contribution is 6.34. The molecule has 0 amide bonds. The number of benzene rings is 2. The van der Waals surface area contributed by atoms with Gasteiger partial charge in [0.05, 0.1) is 12.2 Å². The van der Waals surface area contributed by atoms with Gasteiger partial charge >= 0.3 is 5.97 Å². The quantitative estimate of drug-likeness (QED) is 0.518. The number of aromatic nitrogens is 1. The average molecular weight is 376 g/mol. The Morgan fingerprint density at radius 1 is 1.11 bits per heavy atom. The van der Waals surface area contributed by atoms with E-state index in [1.165, 1.54) is 16.7 Å². The largest absolute Gasteiger partial charge is 0.461 e. The van der Waals surface area contributed by atoms with Crippen LogP contribution >= 0.6 is 0 Å². The number of hydrogen-bond acceptors (Lipinski definition) is 3. The Balaban J connectivity index is 2.13. The van der Waals surface area contributed by atoms with Crippen LogP contribution in [0.25, 0.3) is 22.3 Å². The minimum atomic E-state index is -0.675. The van der Waals surface area contributed by atoms with Gasteiger partial charge in [-0.05, 0) is 41.3 Å². The van der Waals surface area contributed by atoms with E-state index >= 15 is 0 Å². The van der Waals surface area contributed by atoms with E-state index in [0.717, 1.165) is 6.07 Å². The number of hydrogen-bond donors (Lipinski definition) is 0. The van der Waals surface area contributed by atoms with Gasteiger partial charge in [0.2, 0.25) is 0 Å². The molecule has 0 aliphatic rings. The van der Waals surface area contributed by atoms with Gasteiger partial charge in [-0.25, -0.2) is 13.6 Å². The van der Waals surface area contributed by atoms with Crippen molar-refractivity contribution in [2.24, 2.45) is 7.05 Å². The summed E-state index contributed by atoms with van der Waals surface area (Å²) < 4.78 is 33.5. The predicted octanol–water partition coefficient (Wildman–Crippen LogP) is 3.48. The van der Waals surface area contributed by atoms with Gasteiger partial charge in [-0.1, -0.05) is 24.3 Å². The molecule has 28 heavy (non-hydrogen) atoms. The summed E-state index contributed by atoms with van der Waals surface area (Å²) in [4.78, 5) is 12.4. The molecular formula is C21H15BF2N2O2. The summed E-state index contributed by atoms with van der Waals surface area (Å²) in [6.07, 6.45) is 0. The molecule has 138 valence electrons. The van der Waals surface area contributed by atoms with Crippen LogP contribution in [0.15, 0.2) is 42.5 Å². The second kappa shape index (κ2) is 7.69. The van der Waals surface area contributed by atoms with Crippen LogP contribution in [0.4, 0.5) is 8.78 Å². The summed E-state index contributed by atoms with van der Waals surface area (Å²) in [5.74, 6) is -1.94. The molecule has 0 aliphatic carbocycles. The molecule has 0 fully saturated rings. The normalized spacial score (nSPS) is 10.5. The first-order valence-corrected chi connectivity index (χ1v) is 8.49. The summed E-state index contributed by atoms with van der Waals surface area (Å²) in [5, 5.41) is 9.52. The van der Waals surface area contributed by atoms with E-state index in [2.05, 4.69) is 0 Å². The van der Waals surface area contributed by atoms with E-state index < -0.39 is 17.6 Å². The summed E-state index contributed by atoms with van der Waals surface area (Å²) in [7, 11) is 7.57. The monoisotopic (exact) mass is 376 g/mol. The Morgan fingerprint density at radius 3 is 2.21 bits per heavy atom. The van der Waals surface area contributed by atoms with Crippen LogP contribution in [0.2, 0.25) is 0 Å². The number of rotatable bonds is 4. The van der Waals surface area contributed by atoms with Gasteiger partial charge in [-0.2, -0.15) is 5.26 Å². The first-order valence-electron chi connectivity index (χ1n) is 8.49. The van der Waals surface area contributed by atoms with Crippen molar-refractivity contribution in [2.45, 2.75) is 6.92 Å². The molecule has 0 N–H and O–H groups in total. The predicted molar refractivity (Wildman–Crippen MR) is 102 cm³/mol. The smallest absolute Gasteiger partial charge is 0.355 e. The number of carbonyl (C=O) groups is 1. The highest BCUT2D eigenvalue weighted by Gasteiger charge is 2.25. The van der Waals surface area contributed by atoms with Gasteiger partial charge in [0.15, 0.2) is 0 Å². The summed E-state index contributed by atoms with van der Waals surface area (Å²) >= 11 is 0. The number of nitriles is 1. The molecule has 2 radical (unpaired) electrons. The van der Waals surface area contributed by atoms with Gasteiger partial charge in [-0.15, -0.1) is 0 Å². The molecule has 0 aliphatic heterocycles. The van der Waals surface area contributed by atoms with E-state index in [1.54, 1.807) is 38.2 Å². The maximum absolute atomic E-state index is 13.5. The van der Waals surface area contributed by atoms with Crippen LogP contribution in [-0.2, 0) is 11.8 Å². The van der Waals surface area contributed by atoms with Crippen molar-refractivity contribution in [1.29, 1.82) is 5.26 Å². The Morgan fingerprint density at radius 2 is 1.68 bits per heavy atom. The fourth-order valence-electron chi connectivity index (χ4n) is 3.08. The highest BCUT2D eigenvalue weighted by Crippen LogP contribution is 2.31. The molecule has 0 bridgehead atoms. The van der Waals surface area contributed by atoms with E-state index in [1.807, 2.05) is 6.07 Å². The van der Waals surface area contributed by atoms with Crippen molar-refractivity contribution >= 4 is 19.4 Å². The molecule has 1 heterocycles. The lowest BCUT2D eigenvalue weighted by Crippen LogP contribution is -2.20. The zero-order chi connectivity index (χ0) is 20.4. The van der Waals surface area contributed by atoms with Crippen molar-refractivity contribution in [2.75, 3.05) is 6.61 Å². The molecule has 3 rings (SSSR count). The second-order valence-corrected chi connectivity index (χ2v) is 6.11. The van der Waals surface area contributed by atoms with Gasteiger partial charge in [0.25, 0.3) is 0 Å². The summed E-state index contributed by atoms with van der Waals surface area (Å²) in [6, 6.07) is 11.9. The SMILES string of the molecule is [B]c1c(C#N)c(-c2ccc(-c3cc(F)cc(F)c3)cc2)c(C(=O)OCC)n1C. The Kier molecular flexibility index (Phi) is 5.32. The molecule has 3 aromatic rings. The molecule has 0 unspecified atom stereocenters. The van der Waals surface area contributed by atoms with E-state index in [9.17, 15) is 18.8 Å². The lowest BCUT2D eigenvalue weighted by molar-refractivity contribution is 0.0516. The van der Waals surface area contributed by atoms with Crippen molar-refractivity contribution < 1.29 is 18.3 Å². The second-order valence-electron chi connectivity index (χ2n) is 6.11. The zero-order valence-corrected chi connectivity index (χ0v) is 15.3. The van der Waals surface area contributed by atoms with Crippen LogP contribution in [0.1, 0.15) is 23.0 Å². The molecule has 1 aromatic heterocycles. The van der Waals surface area contributed by atoms with Crippen molar-refractivity contribution in [3.63, 3.8) is 0 Å². The molecule has 0 saturated heterocycles. The standard InChI is InChI=1S/C21H15BF2N2O2/c1-3-28-21(27)19-18(17(11-25)20(22)26(19)2)13-6-4-12(5-7-13)14-8-15(23)10-16(24)9-14/h4-10H,3H2,1-2H3. The van der Waals surface area contributed by atoms with Crippen LogP contribution in [0.5, 0.6) is 0 Å². The van der Waals surface area contributed by atoms with Gasteiger partial charge in [0.1, 0.15) is 31.2 Å². The maximum Gasteiger partial charge on any atom is 0.355 e. The first-order chi connectivity index (χ1) is 13.4. The third-order valence-corrected chi connectivity index (χ3v) is 4.39. The Labute approximate surface area is 162 Å². The minimum Gasteiger partial charge on any atom is -0.461 e. The average Bonchev–Trinajstić information content (AvgIpc) is 2.92. The fourth-order valence-corrected chi connectivity index (χ4v) is 3.08. The van der Waals surface area contributed by atoms with E-state index in [-0.39, 0.29) is 23.5 Å². The maximum atomic E-state index is 13.5. The number of ether oxygens (including phenoxy) is 1. The molecule has 4 nitrogen and oxygen atoms in total. The number of halogens is 2. The number of esters is 1. The molecule has 2 aromatic carbocycles. The summed E-state index contributed by atoms with van der Waals surface area (Å²) in [5.41, 5.74) is 2.36. The number of nitrogens with zero attached hydrogens (tertiary/aromatic N) is 2. The lowest BCUT2D eigenvalue weighted by Gasteiger charge is -2.09. The van der Waals surface area contributed by atoms with Crippen LogP contribution in [-0.4, -0.2) is 25.0 Å². The van der Waals surface area contributed by atoms with Crippen molar-refractivity contribution in [3.8, 4) is 28.3 Å². The van der Waals surface area contributed by atoms with Crippen molar-refractivity contribution in [1.82, 2.24) is 4.57 Å². The van der Waals surface area contributed by atoms with Crippen LogP contribution < -0.4 is 5.59 Å². The highest BCUT2D eigenvalue weighted by atomic mass is 19.1. The van der Waals surface area contributed by atoms with E-state index in [4.69, 9.17) is 12.6 Å². The molecule has 0 spiro atoms. The van der Waals surface area contributed by atoms with Gasteiger partial charge in [0, 0.05) is 18.7 Å². The molecule has 7 heteroatoms. The lowest BCUT2D eigenvalue weighted by atomic mass is 9.93. The summed E-state index contributed by atoms with van der Waals surface area (Å²) in [6.45, 7) is 1.86. The fraction of sp³-hybridized carbons (Fsp3) is 0.143. The van der Waals surface area contributed by atoms with Crippen LogP contribution in [0, 0.1) is 23.0 Å². The zero-order valence-electron chi connectivity index (χ0n) is 15.3. The molecular weight excluding hydrogens is 361 g/mol.